The number of carbonyl (C=O) groups is 1. The molecule has 0 aromatic carbocycles. The summed E-state index contributed by atoms with van der Waals surface area (Å²) in [7, 11) is 0. The van der Waals surface area contributed by atoms with Crippen LogP contribution in [0, 0.1) is 12.8 Å². The highest BCUT2D eigenvalue weighted by molar-refractivity contribution is 9.09. The molecule has 1 aromatic heterocycles. The molecule has 1 fully saturated rings. The predicted molar refractivity (Wildman–Crippen MR) is 61.2 cm³/mol. The number of aryl methyl sites for hydroxylation is 1. The molecule has 15 heavy (non-hydrogen) atoms. The Morgan fingerprint density at radius 2 is 2.47 bits per heavy atom. The molecule has 1 amide bonds. The molecule has 1 atom stereocenters. The van der Waals surface area contributed by atoms with Crippen LogP contribution in [0.25, 0.3) is 0 Å². The second kappa shape index (κ2) is 4.39. The van der Waals surface area contributed by atoms with E-state index in [1.807, 2.05) is 0 Å². The van der Waals surface area contributed by atoms with Crippen molar-refractivity contribution in [1.29, 1.82) is 0 Å². The minimum absolute atomic E-state index is 0.0497. The zero-order valence-electron chi connectivity index (χ0n) is 8.63. The van der Waals surface area contributed by atoms with Crippen molar-refractivity contribution >= 4 is 21.8 Å². The summed E-state index contributed by atoms with van der Waals surface area (Å²) in [4.78, 5) is 12.1. The Morgan fingerprint density at radius 1 is 1.73 bits per heavy atom. The minimum Gasteiger partial charge on any atom is -0.469 e. The van der Waals surface area contributed by atoms with Crippen LogP contribution in [0.2, 0.25) is 0 Å². The van der Waals surface area contributed by atoms with Crippen LogP contribution in [0.3, 0.4) is 0 Å². The van der Waals surface area contributed by atoms with Gasteiger partial charge in [0.05, 0.1) is 11.8 Å². The highest BCUT2D eigenvalue weighted by Crippen LogP contribution is 2.36. The molecule has 0 aliphatic heterocycles. The van der Waals surface area contributed by atoms with Gasteiger partial charge in [0.2, 0.25) is 0 Å². The van der Waals surface area contributed by atoms with E-state index in [0.29, 0.717) is 22.7 Å². The minimum atomic E-state index is -0.0497. The van der Waals surface area contributed by atoms with E-state index in [1.54, 1.807) is 13.0 Å². The summed E-state index contributed by atoms with van der Waals surface area (Å²) in [5.41, 5.74) is 0.630. The Morgan fingerprint density at radius 3 is 3.00 bits per heavy atom. The van der Waals surface area contributed by atoms with Gasteiger partial charge >= 0.3 is 0 Å². The van der Waals surface area contributed by atoms with E-state index in [2.05, 4.69) is 21.2 Å². The number of alkyl halides is 1. The summed E-state index contributed by atoms with van der Waals surface area (Å²) in [5, 5.41) is 2.90. The van der Waals surface area contributed by atoms with Crippen LogP contribution in [0.15, 0.2) is 16.7 Å². The first kappa shape index (κ1) is 10.7. The van der Waals surface area contributed by atoms with E-state index >= 15 is 0 Å². The van der Waals surface area contributed by atoms with Gasteiger partial charge in [-0.15, -0.1) is 0 Å². The molecule has 0 saturated heterocycles. The lowest BCUT2D eigenvalue weighted by Crippen LogP contribution is -2.30. The first-order valence-electron chi connectivity index (χ1n) is 5.15. The van der Waals surface area contributed by atoms with Crippen molar-refractivity contribution in [3.8, 4) is 0 Å². The van der Waals surface area contributed by atoms with Crippen molar-refractivity contribution in [3.63, 3.8) is 0 Å². The molecule has 1 aliphatic carbocycles. The summed E-state index contributed by atoms with van der Waals surface area (Å²) < 4.78 is 5.08. The summed E-state index contributed by atoms with van der Waals surface area (Å²) in [6.45, 7) is 2.48. The van der Waals surface area contributed by atoms with Crippen molar-refractivity contribution in [2.24, 2.45) is 5.92 Å². The van der Waals surface area contributed by atoms with Crippen molar-refractivity contribution in [2.45, 2.75) is 24.6 Å². The van der Waals surface area contributed by atoms with Gasteiger partial charge in [-0.1, -0.05) is 15.9 Å². The van der Waals surface area contributed by atoms with Crippen molar-refractivity contribution in [3.05, 3.63) is 23.7 Å². The second-order valence-electron chi connectivity index (χ2n) is 3.95. The van der Waals surface area contributed by atoms with Gasteiger partial charge in [-0.3, -0.25) is 4.79 Å². The normalized spacial score (nSPS) is 17.5. The lowest BCUT2D eigenvalue weighted by Gasteiger charge is -2.09. The monoisotopic (exact) mass is 271 g/mol. The molecule has 1 heterocycles. The zero-order valence-corrected chi connectivity index (χ0v) is 10.2. The van der Waals surface area contributed by atoms with Crippen LogP contribution < -0.4 is 5.32 Å². The van der Waals surface area contributed by atoms with Crippen molar-refractivity contribution in [1.82, 2.24) is 5.32 Å². The average molecular weight is 272 g/mol. The maximum absolute atomic E-state index is 11.7. The first-order valence-corrected chi connectivity index (χ1v) is 6.06. The van der Waals surface area contributed by atoms with E-state index in [1.165, 1.54) is 19.1 Å². The van der Waals surface area contributed by atoms with Gasteiger partial charge in [0.1, 0.15) is 5.76 Å². The van der Waals surface area contributed by atoms with Crippen LogP contribution in [-0.2, 0) is 0 Å². The van der Waals surface area contributed by atoms with Gasteiger partial charge in [0, 0.05) is 11.4 Å². The number of rotatable bonds is 4. The lowest BCUT2D eigenvalue weighted by atomic mass is 10.2. The van der Waals surface area contributed by atoms with Crippen LogP contribution in [0.4, 0.5) is 0 Å². The number of hydrogen-bond donors (Lipinski definition) is 1. The fraction of sp³-hybridized carbons (Fsp3) is 0.545. The number of carbonyl (C=O) groups excluding carboxylic acids is 1. The van der Waals surface area contributed by atoms with Gasteiger partial charge in [-0.2, -0.15) is 0 Å². The average Bonchev–Trinajstić information content (AvgIpc) is 2.98. The maximum Gasteiger partial charge on any atom is 0.254 e. The highest BCUT2D eigenvalue weighted by atomic mass is 79.9. The lowest BCUT2D eigenvalue weighted by molar-refractivity contribution is 0.0952. The van der Waals surface area contributed by atoms with Crippen molar-refractivity contribution < 1.29 is 9.21 Å². The Balaban J connectivity index is 1.84. The zero-order chi connectivity index (χ0) is 10.8. The molecule has 1 unspecified atom stereocenters. The van der Waals surface area contributed by atoms with Crippen LogP contribution >= 0.6 is 15.9 Å². The molecular weight excluding hydrogens is 258 g/mol. The molecule has 0 spiro atoms. The van der Waals surface area contributed by atoms with E-state index in [-0.39, 0.29) is 5.91 Å². The smallest absolute Gasteiger partial charge is 0.254 e. The van der Waals surface area contributed by atoms with Crippen LogP contribution in [-0.4, -0.2) is 17.3 Å². The van der Waals surface area contributed by atoms with Crippen LogP contribution in [0.1, 0.15) is 29.0 Å². The van der Waals surface area contributed by atoms with Gasteiger partial charge in [-0.25, -0.2) is 0 Å². The summed E-state index contributed by atoms with van der Waals surface area (Å²) in [6.07, 6.45) is 4.09. The number of furan rings is 1. The molecule has 1 aliphatic rings. The largest absolute Gasteiger partial charge is 0.469 e. The third-order valence-electron chi connectivity index (χ3n) is 2.69. The van der Waals surface area contributed by atoms with E-state index in [9.17, 15) is 4.79 Å². The SMILES string of the molecule is Cc1occc1C(=O)NCC(Br)C1CC1. The maximum atomic E-state index is 11.7. The standard InChI is InChI=1S/C11H14BrNO2/c1-7-9(4-5-15-7)11(14)13-6-10(12)8-2-3-8/h4-5,8,10H,2-3,6H2,1H3,(H,13,14). The van der Waals surface area contributed by atoms with Gasteiger partial charge in [-0.05, 0) is 31.7 Å². The molecule has 0 radical (unpaired) electrons. The molecule has 1 saturated carbocycles. The molecule has 3 nitrogen and oxygen atoms in total. The Bertz CT molecular complexity index is 357. The number of nitrogens with one attached hydrogen (secondary N) is 1. The number of amides is 1. The Labute approximate surface area is 97.4 Å². The molecule has 0 bridgehead atoms. The molecule has 82 valence electrons. The van der Waals surface area contributed by atoms with E-state index < -0.39 is 0 Å². The third kappa shape index (κ3) is 2.62. The van der Waals surface area contributed by atoms with Gasteiger partial charge in [0.15, 0.2) is 0 Å². The molecule has 1 N–H and O–H groups in total. The molecular formula is C11H14BrNO2. The summed E-state index contributed by atoms with van der Waals surface area (Å²) in [6, 6.07) is 1.70. The van der Waals surface area contributed by atoms with E-state index in [0.717, 1.165) is 5.92 Å². The Kier molecular flexibility index (Phi) is 3.14. The summed E-state index contributed by atoms with van der Waals surface area (Å²) in [5.74, 6) is 1.37. The van der Waals surface area contributed by atoms with Gasteiger partial charge in [0.25, 0.3) is 5.91 Å². The first-order chi connectivity index (χ1) is 7.18. The second-order valence-corrected chi connectivity index (χ2v) is 5.13. The van der Waals surface area contributed by atoms with Crippen molar-refractivity contribution in [2.75, 3.05) is 6.54 Å². The fourth-order valence-corrected chi connectivity index (χ4v) is 2.22. The Hall–Kier alpha value is -0.770. The highest BCUT2D eigenvalue weighted by Gasteiger charge is 2.29. The van der Waals surface area contributed by atoms with Crippen LogP contribution in [0.5, 0.6) is 0 Å². The molecule has 2 rings (SSSR count). The molecule has 4 heteroatoms. The third-order valence-corrected chi connectivity index (χ3v) is 3.77. The quantitative estimate of drug-likeness (QED) is 0.856. The number of hydrogen-bond acceptors (Lipinski definition) is 2. The topological polar surface area (TPSA) is 42.2 Å². The predicted octanol–water partition coefficient (Wildman–Crippen LogP) is 2.49. The molecule has 1 aromatic rings. The van der Waals surface area contributed by atoms with Gasteiger partial charge < -0.3 is 9.73 Å². The summed E-state index contributed by atoms with van der Waals surface area (Å²) >= 11 is 3.58. The number of halogens is 1. The van der Waals surface area contributed by atoms with E-state index in [4.69, 9.17) is 4.42 Å². The fourth-order valence-electron chi connectivity index (χ4n) is 1.53.